The molecule has 2 aliphatic rings. The second-order valence-corrected chi connectivity index (χ2v) is 3.22. The molecule has 0 aromatic rings. The van der Waals surface area contributed by atoms with Crippen molar-refractivity contribution in [3.8, 4) is 0 Å². The van der Waals surface area contributed by atoms with Crippen molar-refractivity contribution in [2.45, 2.75) is 18.8 Å². The Bertz CT molecular complexity index is 169. The highest BCUT2D eigenvalue weighted by atomic mass is 19.3. The third-order valence-corrected chi connectivity index (χ3v) is 2.58. The summed E-state index contributed by atoms with van der Waals surface area (Å²) in [4.78, 5) is 0. The van der Waals surface area contributed by atoms with Gasteiger partial charge < -0.3 is 4.74 Å². The molecule has 0 saturated heterocycles. The van der Waals surface area contributed by atoms with Crippen molar-refractivity contribution in [2.24, 2.45) is 11.3 Å². The van der Waals surface area contributed by atoms with Gasteiger partial charge in [0.2, 0.25) is 0 Å². The lowest BCUT2D eigenvalue weighted by Crippen LogP contribution is -1.96. The van der Waals surface area contributed by atoms with Gasteiger partial charge in [-0.25, -0.2) is 8.78 Å². The van der Waals surface area contributed by atoms with E-state index in [4.69, 9.17) is 0 Å². The lowest BCUT2D eigenvalue weighted by molar-refractivity contribution is 0.0872. The summed E-state index contributed by atoms with van der Waals surface area (Å²) in [5, 5.41) is 0. The van der Waals surface area contributed by atoms with Crippen LogP contribution in [0, 0.1) is 17.9 Å². The van der Waals surface area contributed by atoms with Crippen LogP contribution in [-0.4, -0.2) is 13.0 Å². The zero-order valence-corrected chi connectivity index (χ0v) is 5.73. The topological polar surface area (TPSA) is 9.23 Å². The normalized spacial score (nSPS) is 47.7. The third kappa shape index (κ3) is 0.590. The van der Waals surface area contributed by atoms with Gasteiger partial charge in [-0.1, -0.05) is 0 Å². The average Bonchev–Trinajstić information content (AvgIpc) is 2.55. The van der Waals surface area contributed by atoms with Gasteiger partial charge >= 0.3 is 0 Å². The van der Waals surface area contributed by atoms with E-state index in [0.29, 0.717) is 6.42 Å². The highest BCUT2D eigenvalue weighted by Crippen LogP contribution is 2.79. The second-order valence-electron chi connectivity index (χ2n) is 3.22. The molecular weight excluding hydrogens is 138 g/mol. The Morgan fingerprint density at radius 2 is 2.20 bits per heavy atom. The van der Waals surface area contributed by atoms with Gasteiger partial charge in [0.05, 0.1) is 6.61 Å². The van der Waals surface area contributed by atoms with Crippen LogP contribution in [0.2, 0.25) is 0 Å². The minimum atomic E-state index is -2.38. The van der Waals surface area contributed by atoms with E-state index in [1.807, 2.05) is 0 Å². The Morgan fingerprint density at radius 3 is 2.50 bits per heavy atom. The fourth-order valence-electron chi connectivity index (χ4n) is 1.65. The van der Waals surface area contributed by atoms with E-state index in [0.717, 1.165) is 0 Å². The minimum Gasteiger partial charge on any atom is -0.378 e. The molecule has 0 heterocycles. The van der Waals surface area contributed by atoms with Crippen molar-refractivity contribution >= 4 is 0 Å². The van der Waals surface area contributed by atoms with Crippen LogP contribution >= 0.6 is 0 Å². The minimum absolute atomic E-state index is 0.0208. The molecule has 3 heteroatoms. The van der Waals surface area contributed by atoms with Crippen molar-refractivity contribution in [3.63, 3.8) is 0 Å². The standard InChI is InChI=1S/C7H9F2O/c1-10-3-5-2-6(5)4-7(6,8)9/h3,5H,2,4H2,1H3. The fraction of sp³-hybridized carbons (Fsp3) is 0.857. The molecule has 57 valence electrons. The van der Waals surface area contributed by atoms with Gasteiger partial charge in [-0.2, -0.15) is 0 Å². The maximum Gasteiger partial charge on any atom is 0.255 e. The molecule has 2 fully saturated rings. The zero-order valence-electron chi connectivity index (χ0n) is 5.73. The van der Waals surface area contributed by atoms with Crippen molar-refractivity contribution in [2.75, 3.05) is 7.11 Å². The molecule has 10 heavy (non-hydrogen) atoms. The molecule has 1 radical (unpaired) electrons. The monoisotopic (exact) mass is 147 g/mol. The van der Waals surface area contributed by atoms with Crippen LogP contribution in [0.25, 0.3) is 0 Å². The summed E-state index contributed by atoms with van der Waals surface area (Å²) in [7, 11) is 1.51. The summed E-state index contributed by atoms with van der Waals surface area (Å²) in [5.74, 6) is -2.36. The lowest BCUT2D eigenvalue weighted by Gasteiger charge is -1.93. The number of hydrogen-bond acceptors (Lipinski definition) is 1. The SMILES string of the molecule is CO[CH]C1CC12CC2(F)F. The van der Waals surface area contributed by atoms with Crippen LogP contribution in [0.4, 0.5) is 8.78 Å². The van der Waals surface area contributed by atoms with Gasteiger partial charge in [0.1, 0.15) is 0 Å². The molecule has 2 aliphatic carbocycles. The molecule has 0 aromatic heterocycles. The van der Waals surface area contributed by atoms with Gasteiger partial charge in [0, 0.05) is 18.9 Å². The van der Waals surface area contributed by atoms with E-state index in [2.05, 4.69) is 4.74 Å². The summed E-state index contributed by atoms with van der Waals surface area (Å²) < 4.78 is 29.6. The van der Waals surface area contributed by atoms with Gasteiger partial charge in [-0.15, -0.1) is 0 Å². The second kappa shape index (κ2) is 1.52. The van der Waals surface area contributed by atoms with E-state index < -0.39 is 11.3 Å². The zero-order chi connectivity index (χ0) is 7.41. The predicted octanol–water partition coefficient (Wildman–Crippen LogP) is 1.84. The summed E-state index contributed by atoms with van der Waals surface area (Å²) in [6.45, 7) is 1.53. The number of rotatable bonds is 2. The number of methoxy groups -OCH3 is 1. The average molecular weight is 147 g/mol. The molecule has 2 rings (SSSR count). The van der Waals surface area contributed by atoms with Crippen LogP contribution < -0.4 is 0 Å². The third-order valence-electron chi connectivity index (χ3n) is 2.58. The summed E-state index contributed by atoms with van der Waals surface area (Å²) in [6.07, 6.45) is 0.693. The van der Waals surface area contributed by atoms with Crippen molar-refractivity contribution in [1.82, 2.24) is 0 Å². The van der Waals surface area contributed by atoms with Crippen LogP contribution in [0.3, 0.4) is 0 Å². The molecule has 0 bridgehead atoms. The van der Waals surface area contributed by atoms with Crippen molar-refractivity contribution in [3.05, 3.63) is 6.61 Å². The molecule has 0 N–H and O–H groups in total. The Hall–Kier alpha value is -0.180. The molecule has 2 unspecified atom stereocenters. The molecule has 0 amide bonds. The smallest absolute Gasteiger partial charge is 0.255 e. The van der Waals surface area contributed by atoms with Crippen LogP contribution in [0.15, 0.2) is 0 Å². The molecule has 0 aromatic carbocycles. The Kier molecular flexibility index (Phi) is 0.994. The van der Waals surface area contributed by atoms with E-state index in [1.54, 1.807) is 0 Å². The number of hydrogen-bond donors (Lipinski definition) is 0. The highest BCUT2D eigenvalue weighted by Gasteiger charge is 2.83. The van der Waals surface area contributed by atoms with E-state index >= 15 is 0 Å². The quantitative estimate of drug-likeness (QED) is 0.579. The maximum atomic E-state index is 12.5. The number of ether oxygens (including phenoxy) is 1. The Morgan fingerprint density at radius 1 is 1.60 bits per heavy atom. The number of alkyl halides is 2. The van der Waals surface area contributed by atoms with Gasteiger partial charge in [0.25, 0.3) is 5.92 Å². The molecular formula is C7H9F2O. The summed E-state index contributed by atoms with van der Waals surface area (Å²) in [5.41, 5.74) is -0.650. The Balaban J connectivity index is 1.91. The first-order valence-corrected chi connectivity index (χ1v) is 3.36. The predicted molar refractivity (Wildman–Crippen MR) is 31.4 cm³/mol. The van der Waals surface area contributed by atoms with Crippen LogP contribution in [0.5, 0.6) is 0 Å². The number of halogens is 2. The lowest BCUT2D eigenvalue weighted by atomic mass is 10.3. The van der Waals surface area contributed by atoms with Crippen molar-refractivity contribution in [1.29, 1.82) is 0 Å². The first-order chi connectivity index (χ1) is 4.62. The first-order valence-electron chi connectivity index (χ1n) is 3.36. The van der Waals surface area contributed by atoms with Gasteiger partial charge in [0.15, 0.2) is 0 Å². The van der Waals surface area contributed by atoms with E-state index in [-0.39, 0.29) is 12.3 Å². The van der Waals surface area contributed by atoms with E-state index in [9.17, 15) is 8.78 Å². The molecule has 1 nitrogen and oxygen atoms in total. The summed E-state index contributed by atoms with van der Waals surface area (Å²) in [6, 6.07) is 0. The summed E-state index contributed by atoms with van der Waals surface area (Å²) >= 11 is 0. The van der Waals surface area contributed by atoms with E-state index in [1.165, 1.54) is 13.7 Å². The van der Waals surface area contributed by atoms with Gasteiger partial charge in [-0.3, -0.25) is 0 Å². The Labute approximate surface area is 58.4 Å². The van der Waals surface area contributed by atoms with Crippen LogP contribution in [-0.2, 0) is 4.74 Å². The fourth-order valence-corrected chi connectivity index (χ4v) is 1.65. The molecule has 0 aliphatic heterocycles. The maximum absolute atomic E-state index is 12.5. The largest absolute Gasteiger partial charge is 0.378 e. The molecule has 1 spiro atoms. The molecule has 2 atom stereocenters. The van der Waals surface area contributed by atoms with Gasteiger partial charge in [-0.05, 0) is 12.3 Å². The first kappa shape index (κ1) is 6.53. The van der Waals surface area contributed by atoms with Crippen LogP contribution in [0.1, 0.15) is 12.8 Å². The van der Waals surface area contributed by atoms with Crippen molar-refractivity contribution < 1.29 is 13.5 Å². The molecule has 2 saturated carbocycles. The highest BCUT2D eigenvalue weighted by molar-refractivity contribution is 5.26.